The van der Waals surface area contributed by atoms with E-state index in [1.54, 1.807) is 6.92 Å². The Labute approximate surface area is 67.8 Å². The summed E-state index contributed by atoms with van der Waals surface area (Å²) >= 11 is 0. The number of carboxylic acids is 1. The first-order valence-electron chi connectivity index (χ1n) is 3.41. The van der Waals surface area contributed by atoms with Crippen molar-refractivity contribution in [2.75, 3.05) is 0 Å². The molecule has 0 aliphatic carbocycles. The van der Waals surface area contributed by atoms with E-state index in [-0.39, 0.29) is 0 Å². The summed E-state index contributed by atoms with van der Waals surface area (Å²) in [5.74, 6) is -0.475. The van der Waals surface area contributed by atoms with Gasteiger partial charge >= 0.3 is 5.97 Å². The molecule has 0 bridgehead atoms. The van der Waals surface area contributed by atoms with Gasteiger partial charge in [0.25, 0.3) is 0 Å². The van der Waals surface area contributed by atoms with Crippen molar-refractivity contribution in [2.45, 2.75) is 26.6 Å². The first kappa shape index (κ1) is 10.2. The molecule has 11 heavy (non-hydrogen) atoms. The minimum Gasteiger partial charge on any atom is -0.547 e. The van der Waals surface area contributed by atoms with Gasteiger partial charge in [-0.3, -0.25) is 0 Å². The molecule has 0 aromatic rings. The van der Waals surface area contributed by atoms with Crippen molar-refractivity contribution in [1.82, 2.24) is 0 Å². The number of carboxylic acid groups (broad SMARTS) is 1. The second-order valence-corrected chi connectivity index (χ2v) is 7.74. The number of hydrogen-bond donors (Lipinski definition) is 1. The van der Waals surface area contributed by atoms with Crippen LogP contribution in [0.1, 0.15) is 6.92 Å². The Kier molecular flexibility index (Phi) is 3.32. The van der Waals surface area contributed by atoms with Crippen molar-refractivity contribution in [3.8, 4) is 0 Å². The first-order chi connectivity index (χ1) is 4.81. The van der Waals surface area contributed by atoms with E-state index in [9.17, 15) is 4.79 Å². The highest BCUT2D eigenvalue weighted by atomic mass is 28.4. The zero-order valence-electron chi connectivity index (χ0n) is 7.34. The van der Waals surface area contributed by atoms with Crippen LogP contribution in [0, 0.1) is 0 Å². The molecule has 64 valence electrons. The minimum absolute atomic E-state index is 0.483. The quantitative estimate of drug-likeness (QED) is 0.403. The molecular formula is C7H14O3Si. The maximum absolute atomic E-state index is 10.2. The van der Waals surface area contributed by atoms with E-state index < -0.39 is 14.3 Å². The number of rotatable bonds is 3. The Bertz CT molecular complexity index is 179. The fourth-order valence-electron chi connectivity index (χ4n) is 0.686. The van der Waals surface area contributed by atoms with Gasteiger partial charge in [0.2, 0.25) is 8.32 Å². The topological polar surface area (TPSA) is 46.5 Å². The summed E-state index contributed by atoms with van der Waals surface area (Å²) in [5, 5.41) is 8.34. The predicted molar refractivity (Wildman–Crippen MR) is 45.8 cm³/mol. The van der Waals surface area contributed by atoms with Crippen LogP contribution in [0.3, 0.4) is 0 Å². The van der Waals surface area contributed by atoms with E-state index in [1.807, 2.05) is 19.6 Å². The fraction of sp³-hybridized carbons (Fsp3) is 0.571. The van der Waals surface area contributed by atoms with Gasteiger partial charge in [-0.1, -0.05) is 0 Å². The standard InChI is InChI=1S/C7H14O3Si/c1-6(5-7(8)9)10-11(2,3)4/h5H,1-4H3,(H,8,9)/b6-5+. The van der Waals surface area contributed by atoms with Gasteiger partial charge in [-0.25, -0.2) is 4.79 Å². The Balaban J connectivity index is 4.07. The second kappa shape index (κ2) is 3.57. The molecular weight excluding hydrogens is 160 g/mol. The molecule has 1 N–H and O–H groups in total. The predicted octanol–water partition coefficient (Wildman–Crippen LogP) is 1.83. The average molecular weight is 174 g/mol. The van der Waals surface area contributed by atoms with Crippen molar-refractivity contribution in [3.63, 3.8) is 0 Å². The third kappa shape index (κ3) is 7.12. The molecule has 0 aromatic carbocycles. The third-order valence-corrected chi connectivity index (χ3v) is 1.73. The van der Waals surface area contributed by atoms with Crippen molar-refractivity contribution >= 4 is 14.3 Å². The molecule has 0 saturated carbocycles. The molecule has 0 saturated heterocycles. The smallest absolute Gasteiger partial charge is 0.331 e. The Morgan fingerprint density at radius 3 is 2.18 bits per heavy atom. The molecule has 0 aromatic heterocycles. The molecule has 3 nitrogen and oxygen atoms in total. The van der Waals surface area contributed by atoms with Gasteiger partial charge in [-0.05, 0) is 26.6 Å². The normalized spacial score (nSPS) is 12.9. The van der Waals surface area contributed by atoms with Crippen molar-refractivity contribution in [3.05, 3.63) is 11.8 Å². The first-order valence-corrected chi connectivity index (χ1v) is 6.82. The van der Waals surface area contributed by atoms with Crippen LogP contribution in [0.5, 0.6) is 0 Å². The summed E-state index contributed by atoms with van der Waals surface area (Å²) in [6, 6.07) is 0. The molecule has 0 amide bonds. The van der Waals surface area contributed by atoms with Crippen LogP contribution >= 0.6 is 0 Å². The van der Waals surface area contributed by atoms with Crippen LogP contribution in [0.2, 0.25) is 19.6 Å². The van der Waals surface area contributed by atoms with E-state index in [1.165, 1.54) is 0 Å². The lowest BCUT2D eigenvalue weighted by molar-refractivity contribution is -0.131. The van der Waals surface area contributed by atoms with Gasteiger partial charge < -0.3 is 9.53 Å². The van der Waals surface area contributed by atoms with E-state index in [0.29, 0.717) is 5.76 Å². The molecule has 0 heterocycles. The highest BCUT2D eigenvalue weighted by molar-refractivity contribution is 6.70. The molecule has 0 spiro atoms. The van der Waals surface area contributed by atoms with Gasteiger partial charge in [-0.15, -0.1) is 0 Å². The van der Waals surface area contributed by atoms with Gasteiger partial charge in [0.1, 0.15) is 0 Å². The summed E-state index contributed by atoms with van der Waals surface area (Å²) in [4.78, 5) is 10.2. The van der Waals surface area contributed by atoms with Crippen molar-refractivity contribution in [2.24, 2.45) is 0 Å². The van der Waals surface area contributed by atoms with Crippen LogP contribution in [0.15, 0.2) is 11.8 Å². The van der Waals surface area contributed by atoms with Gasteiger partial charge in [-0.2, -0.15) is 0 Å². The Morgan fingerprint density at radius 2 is 1.91 bits per heavy atom. The number of aliphatic carboxylic acids is 1. The number of carbonyl (C=O) groups is 1. The summed E-state index contributed by atoms with van der Waals surface area (Å²) in [6.07, 6.45) is 1.08. The van der Waals surface area contributed by atoms with Crippen molar-refractivity contribution in [1.29, 1.82) is 0 Å². The van der Waals surface area contributed by atoms with Crippen LogP contribution in [-0.4, -0.2) is 19.4 Å². The fourth-order valence-corrected chi connectivity index (χ4v) is 1.71. The minimum atomic E-state index is -1.62. The van der Waals surface area contributed by atoms with E-state index in [0.717, 1.165) is 6.08 Å². The summed E-state index contributed by atoms with van der Waals surface area (Å²) < 4.78 is 5.37. The molecule has 4 heteroatoms. The van der Waals surface area contributed by atoms with Crippen molar-refractivity contribution < 1.29 is 14.3 Å². The monoisotopic (exact) mass is 174 g/mol. The van der Waals surface area contributed by atoms with Gasteiger partial charge in [0.15, 0.2) is 0 Å². The Hall–Kier alpha value is -0.773. The number of allylic oxidation sites excluding steroid dienone is 1. The highest BCUT2D eigenvalue weighted by Crippen LogP contribution is 2.08. The van der Waals surface area contributed by atoms with Crippen LogP contribution < -0.4 is 0 Å². The molecule has 0 radical (unpaired) electrons. The highest BCUT2D eigenvalue weighted by Gasteiger charge is 2.15. The van der Waals surface area contributed by atoms with Crippen LogP contribution in [0.25, 0.3) is 0 Å². The molecule has 0 unspecified atom stereocenters. The molecule has 0 fully saturated rings. The lowest BCUT2D eigenvalue weighted by atomic mass is 10.5. The summed E-state index contributed by atoms with van der Waals surface area (Å²) in [5.41, 5.74) is 0. The van der Waals surface area contributed by atoms with E-state index >= 15 is 0 Å². The zero-order valence-corrected chi connectivity index (χ0v) is 8.34. The van der Waals surface area contributed by atoms with E-state index in [4.69, 9.17) is 9.53 Å². The maximum Gasteiger partial charge on any atom is 0.331 e. The molecule has 0 rings (SSSR count). The summed E-state index contributed by atoms with van der Waals surface area (Å²) in [6.45, 7) is 7.68. The largest absolute Gasteiger partial charge is 0.547 e. The SMILES string of the molecule is C/C(=C\C(=O)O)O[Si](C)(C)C. The molecule has 0 aliphatic heterocycles. The van der Waals surface area contributed by atoms with E-state index in [2.05, 4.69) is 0 Å². The second-order valence-electron chi connectivity index (χ2n) is 3.31. The van der Waals surface area contributed by atoms with Gasteiger partial charge in [0, 0.05) is 0 Å². The summed E-state index contributed by atoms with van der Waals surface area (Å²) in [7, 11) is -1.62. The van der Waals surface area contributed by atoms with Crippen LogP contribution in [-0.2, 0) is 9.22 Å². The lowest BCUT2D eigenvalue weighted by Gasteiger charge is -2.18. The maximum atomic E-state index is 10.2. The zero-order chi connectivity index (χ0) is 9.07. The number of hydrogen-bond acceptors (Lipinski definition) is 2. The van der Waals surface area contributed by atoms with Crippen LogP contribution in [0.4, 0.5) is 0 Å². The average Bonchev–Trinajstić information content (AvgIpc) is 1.53. The molecule has 0 atom stereocenters. The Morgan fingerprint density at radius 1 is 1.45 bits per heavy atom. The third-order valence-electron chi connectivity index (χ3n) is 0.794. The molecule has 0 aliphatic rings. The van der Waals surface area contributed by atoms with Gasteiger partial charge in [0.05, 0.1) is 11.8 Å². The lowest BCUT2D eigenvalue weighted by Crippen LogP contribution is -2.24.